The second-order valence-electron chi connectivity index (χ2n) is 7.71. The first kappa shape index (κ1) is 27.0. The predicted octanol–water partition coefficient (Wildman–Crippen LogP) is -3.41. The largest absolute Gasteiger partial charge is 0.693 e. The second-order valence-corrected chi connectivity index (χ2v) is 10.2. The Morgan fingerprint density at radius 1 is 1.17 bits per heavy atom. The zero-order valence-electron chi connectivity index (χ0n) is 18.1. The molecular formula is C17H21N4O12PS. The van der Waals surface area contributed by atoms with Gasteiger partial charge in [0.05, 0.1) is 13.2 Å². The molecule has 192 valence electrons. The molecule has 1 aromatic carbocycles. The molecule has 0 unspecified atom stereocenters. The first-order valence-electron chi connectivity index (χ1n) is 9.71. The Morgan fingerprint density at radius 3 is 2.34 bits per heavy atom. The lowest BCUT2D eigenvalue weighted by Gasteiger charge is -2.25. The van der Waals surface area contributed by atoms with Gasteiger partial charge in [0.15, 0.2) is 0 Å². The van der Waals surface area contributed by atoms with Crippen LogP contribution in [0.1, 0.15) is 11.1 Å². The number of aryl methyl sites for hydroxylation is 2. The number of rotatable bonds is 8. The number of nitrogens with zero attached hydrogens (tertiary/aromatic N) is 3. The number of aromatic amines is 1. The highest BCUT2D eigenvalue weighted by molar-refractivity contribution is 7.79. The summed E-state index contributed by atoms with van der Waals surface area (Å²) < 4.78 is 52.4. The number of nitrogens with one attached hydrogen (secondary N) is 1. The molecule has 3 atom stereocenters. The van der Waals surface area contributed by atoms with Crippen LogP contribution in [0.25, 0.3) is 22.6 Å². The molecule has 16 nitrogen and oxygen atoms in total. The summed E-state index contributed by atoms with van der Waals surface area (Å²) in [5.74, 6) is -0.624. The minimum atomic E-state index is -5.37. The van der Waals surface area contributed by atoms with Gasteiger partial charge in [-0.25, -0.2) is 9.36 Å². The molecule has 2 aliphatic rings. The number of H-pyrrole nitrogens is 1. The van der Waals surface area contributed by atoms with Gasteiger partial charge in [-0.3, -0.25) is 14.3 Å². The molecule has 0 fully saturated rings. The van der Waals surface area contributed by atoms with Crippen molar-refractivity contribution in [3.63, 3.8) is 0 Å². The highest BCUT2D eigenvalue weighted by Crippen LogP contribution is 2.36. The Labute approximate surface area is 196 Å². The van der Waals surface area contributed by atoms with Crippen LogP contribution in [0, 0.1) is 13.8 Å². The Balaban J connectivity index is 2.27. The van der Waals surface area contributed by atoms with Gasteiger partial charge in [0.2, 0.25) is 11.3 Å². The van der Waals surface area contributed by atoms with E-state index in [9.17, 15) is 42.4 Å². The monoisotopic (exact) mass is 536 g/mol. The summed E-state index contributed by atoms with van der Waals surface area (Å²) in [4.78, 5) is 47.3. The fraction of sp³-hybridized carbons (Fsp3) is 0.412. The quantitative estimate of drug-likeness (QED) is 0.0711. The van der Waals surface area contributed by atoms with Crippen LogP contribution >= 0.6 is 7.82 Å². The van der Waals surface area contributed by atoms with Crippen molar-refractivity contribution < 1.29 is 51.1 Å². The topological polar surface area (TPSA) is 256 Å². The number of benzene rings is 1. The maximum atomic E-state index is 12.5. The highest BCUT2D eigenvalue weighted by atomic mass is 32.2. The maximum Gasteiger partial charge on any atom is 0.469 e. The second kappa shape index (κ2) is 9.45. The van der Waals surface area contributed by atoms with Crippen LogP contribution in [-0.4, -0.2) is 77.5 Å². The predicted molar refractivity (Wildman–Crippen MR) is 114 cm³/mol. The highest BCUT2D eigenvalue weighted by Gasteiger charge is 2.36. The molecule has 1 aromatic rings. The maximum absolute atomic E-state index is 12.5. The van der Waals surface area contributed by atoms with E-state index < -0.39 is 72.4 Å². The van der Waals surface area contributed by atoms with E-state index in [-0.39, 0.29) is 15.0 Å². The molecule has 0 radical (unpaired) electrons. The molecule has 0 bridgehead atoms. The van der Waals surface area contributed by atoms with Gasteiger partial charge in [0.25, 0.3) is 0 Å². The molecule has 0 saturated heterocycles. The summed E-state index contributed by atoms with van der Waals surface area (Å²) in [6.07, 6.45) is -5.96. The summed E-state index contributed by atoms with van der Waals surface area (Å²) >= 11 is 0. The van der Waals surface area contributed by atoms with Gasteiger partial charge in [0.1, 0.15) is 23.8 Å². The average molecular weight is 536 g/mol. The van der Waals surface area contributed by atoms with E-state index in [4.69, 9.17) is 9.79 Å². The van der Waals surface area contributed by atoms with Crippen molar-refractivity contribution in [2.75, 3.05) is 6.61 Å². The first-order chi connectivity index (χ1) is 16.0. The number of phosphoric ester groups is 1. The molecule has 3 rings (SSSR count). The van der Waals surface area contributed by atoms with Crippen molar-refractivity contribution in [2.24, 2.45) is 0 Å². The van der Waals surface area contributed by atoms with E-state index in [2.05, 4.69) is 9.51 Å². The van der Waals surface area contributed by atoms with Crippen molar-refractivity contribution in [3.8, 4) is 11.5 Å². The summed E-state index contributed by atoms with van der Waals surface area (Å²) in [5.41, 5.74) is -2.56. The van der Waals surface area contributed by atoms with Crippen LogP contribution in [0.3, 0.4) is 0 Å². The number of aliphatic hydroxyl groups is 3. The van der Waals surface area contributed by atoms with Gasteiger partial charge >= 0.3 is 35.1 Å². The summed E-state index contributed by atoms with van der Waals surface area (Å²) in [6.45, 7) is 1.47. The summed E-state index contributed by atoms with van der Waals surface area (Å²) in [6, 6.07) is 2.68. The molecule has 35 heavy (non-hydrogen) atoms. The number of hydrogen-bond acceptors (Lipinski definition) is 11. The number of phosphoric acid groups is 1. The van der Waals surface area contributed by atoms with Gasteiger partial charge in [-0.05, 0) is 31.0 Å². The minimum absolute atomic E-state index is 0.0790. The van der Waals surface area contributed by atoms with Crippen LogP contribution in [0.2, 0.25) is 0 Å². The van der Waals surface area contributed by atoms with Crippen molar-refractivity contribution in [3.05, 3.63) is 44.1 Å². The lowest BCUT2D eigenvalue weighted by atomic mass is 10.1. The fourth-order valence-corrected chi connectivity index (χ4v) is 4.57. The first-order valence-corrected chi connectivity index (χ1v) is 12.6. The van der Waals surface area contributed by atoms with Gasteiger partial charge < -0.3 is 34.2 Å². The van der Waals surface area contributed by atoms with Crippen LogP contribution in [0.15, 0.2) is 21.7 Å². The smallest absolute Gasteiger partial charge is 0.469 e. The number of aromatic nitrogens is 4. The Kier molecular flexibility index (Phi) is 7.29. The van der Waals surface area contributed by atoms with E-state index in [1.165, 1.54) is 12.1 Å². The Hall–Kier alpha value is -2.60. The lowest BCUT2D eigenvalue weighted by Crippen LogP contribution is -2.52. The molecule has 0 amide bonds. The molecule has 2 aliphatic heterocycles. The molecule has 0 saturated carbocycles. The standard InChI is InChI=1S/C17H21N4O12PS/c1-7-3-9-10(4-8(7)2)21(35(30,31)32)13-15(18-17(26)19-16(13)25)20(9)5-11(22)14(24)12(23)6-33-34(27,28)29/h3-4,11-12,14,22-24H,5-6H2,1-2H3,(H3-,19,25,26,27,28,29,30,31,32)/t11-,12-,14-/m1/s1. The lowest BCUT2D eigenvalue weighted by molar-refractivity contribution is -0.479. The van der Waals surface area contributed by atoms with Crippen molar-refractivity contribution in [1.82, 2.24) is 14.5 Å². The Bertz CT molecular complexity index is 1530. The molecule has 2 heterocycles. The summed E-state index contributed by atoms with van der Waals surface area (Å²) in [7, 11) is -10.4. The Morgan fingerprint density at radius 2 is 1.77 bits per heavy atom. The fourth-order valence-electron chi connectivity index (χ4n) is 3.45. The molecule has 0 aliphatic carbocycles. The summed E-state index contributed by atoms with van der Waals surface area (Å²) in [5, 5.41) is 30.7. The van der Waals surface area contributed by atoms with E-state index >= 15 is 0 Å². The third-order valence-corrected chi connectivity index (χ3v) is 6.52. The zero-order valence-corrected chi connectivity index (χ0v) is 19.8. The van der Waals surface area contributed by atoms with Crippen LogP contribution in [-0.2, 0) is 25.9 Å². The third kappa shape index (κ3) is 5.64. The van der Waals surface area contributed by atoms with Crippen molar-refractivity contribution in [2.45, 2.75) is 38.7 Å². The molecule has 18 heteroatoms. The molecule has 6 N–H and O–H groups in total. The number of fused-ring (bicyclic) bond motifs is 2. The van der Waals surface area contributed by atoms with E-state index in [0.29, 0.717) is 11.1 Å². The van der Waals surface area contributed by atoms with Gasteiger partial charge in [-0.1, -0.05) is 3.97 Å². The normalized spacial score (nSPS) is 15.4. The average Bonchev–Trinajstić information content (AvgIpc) is 2.71. The molecule has 0 aromatic heterocycles. The molecular weight excluding hydrogens is 515 g/mol. The van der Waals surface area contributed by atoms with Crippen LogP contribution in [0.5, 0.6) is 0 Å². The minimum Gasteiger partial charge on any atom is -0.693 e. The SMILES string of the molecule is Cc1cc2c(cc1C)[n+](S(=O)(=O)[O-])c1c(=O)[nH]c(=O)nc-1n2C[C@@H](O)[C@@H](O)[C@H](O)COP(=O)(O)O. The van der Waals surface area contributed by atoms with Crippen LogP contribution < -0.4 is 15.2 Å². The van der Waals surface area contributed by atoms with Gasteiger partial charge in [0, 0.05) is 6.07 Å². The van der Waals surface area contributed by atoms with E-state index in [1.807, 2.05) is 0 Å². The third-order valence-electron chi connectivity index (χ3n) is 5.21. The van der Waals surface area contributed by atoms with Crippen LogP contribution in [0.4, 0.5) is 0 Å². The van der Waals surface area contributed by atoms with E-state index in [1.54, 1.807) is 18.8 Å². The van der Waals surface area contributed by atoms with Crippen molar-refractivity contribution in [1.29, 1.82) is 0 Å². The molecule has 0 spiro atoms. The van der Waals surface area contributed by atoms with Gasteiger partial charge in [-0.15, -0.1) is 0 Å². The van der Waals surface area contributed by atoms with Crippen molar-refractivity contribution >= 4 is 29.2 Å². The number of hydrogen-bond donors (Lipinski definition) is 6. The zero-order chi connectivity index (χ0) is 26.5. The van der Waals surface area contributed by atoms with Gasteiger partial charge in [-0.2, -0.15) is 13.4 Å². The van der Waals surface area contributed by atoms with E-state index in [0.717, 1.165) is 4.57 Å². The number of aliphatic hydroxyl groups excluding tert-OH is 3.